The Morgan fingerprint density at radius 3 is 2.53 bits per heavy atom. The number of nitrogens with zero attached hydrogens (tertiary/aromatic N) is 2. The summed E-state index contributed by atoms with van der Waals surface area (Å²) in [5, 5.41) is 4.61. The van der Waals surface area contributed by atoms with E-state index in [1.54, 1.807) is 18.2 Å². The number of benzene rings is 2. The molecule has 2 aromatic heterocycles. The molecule has 3 heterocycles. The van der Waals surface area contributed by atoms with Crippen molar-refractivity contribution < 1.29 is 8.83 Å². The van der Waals surface area contributed by atoms with Gasteiger partial charge < -0.3 is 24.0 Å². The number of fused-ring (bicyclic) bond motifs is 2. The number of hydrogen-bond donors (Lipinski definition) is 2. The summed E-state index contributed by atoms with van der Waals surface area (Å²) in [6, 6.07) is 8.17. The molecule has 1 fully saturated rings. The molecule has 0 spiro atoms. The maximum atomic E-state index is 6.01. The lowest BCUT2D eigenvalue weighted by Gasteiger charge is -2.32. The number of halogens is 4. The molecular formula is C19H16Br2Cl2N4O2S. The highest BCUT2D eigenvalue weighted by Gasteiger charge is 2.23. The molecule has 1 aliphatic heterocycles. The highest BCUT2D eigenvalue weighted by atomic mass is 79.9. The quantitative estimate of drug-likeness (QED) is 0.233. The molecule has 5 rings (SSSR count). The van der Waals surface area contributed by atoms with Crippen molar-refractivity contribution in [1.29, 1.82) is 0 Å². The van der Waals surface area contributed by atoms with Gasteiger partial charge in [0.2, 0.25) is 0 Å². The minimum absolute atomic E-state index is 0.355. The number of hydrogen-bond acceptors (Lipinski definition) is 6. The van der Waals surface area contributed by atoms with Gasteiger partial charge >= 0.3 is 0 Å². The van der Waals surface area contributed by atoms with Crippen molar-refractivity contribution in [3.05, 3.63) is 48.1 Å². The van der Waals surface area contributed by atoms with E-state index in [2.05, 4.69) is 59.0 Å². The zero-order valence-electron chi connectivity index (χ0n) is 15.6. The lowest BCUT2D eigenvalue weighted by atomic mass is 10.2. The van der Waals surface area contributed by atoms with Crippen molar-refractivity contribution in [2.24, 2.45) is 0 Å². The maximum Gasteiger partial charge on any atom is 0.298 e. The molecule has 6 nitrogen and oxygen atoms in total. The molecule has 4 aromatic rings. The van der Waals surface area contributed by atoms with Gasteiger partial charge in [-0.2, -0.15) is 4.98 Å². The van der Waals surface area contributed by atoms with Gasteiger partial charge in [-0.3, -0.25) is 0 Å². The molecule has 1 atom stereocenters. The molecule has 0 radical (unpaired) electrons. The highest BCUT2D eigenvalue weighted by molar-refractivity contribution is 9.11. The molecule has 2 N–H and O–H groups in total. The van der Waals surface area contributed by atoms with Crippen molar-refractivity contribution >= 4 is 95.5 Å². The summed E-state index contributed by atoms with van der Waals surface area (Å²) in [5.74, 6) is 0. The van der Waals surface area contributed by atoms with Gasteiger partial charge in [-0.15, -0.1) is 0 Å². The van der Waals surface area contributed by atoms with Crippen LogP contribution in [0.5, 0.6) is 0 Å². The fourth-order valence-electron chi connectivity index (χ4n) is 3.17. The molecule has 2 aromatic carbocycles. The Balaban J connectivity index is 0.000000158. The van der Waals surface area contributed by atoms with E-state index in [1.807, 2.05) is 6.07 Å². The summed E-state index contributed by atoms with van der Waals surface area (Å²) in [7, 11) is 0. The SMILES string of the molecule is C[C@H]1CNCCN1c1nc2c(Br)cc(Cl)cc2o1.S=c1[nH]c2c(Br)cc(Cl)cc2o1. The topological polar surface area (TPSA) is 70.2 Å². The van der Waals surface area contributed by atoms with Crippen molar-refractivity contribution in [3.8, 4) is 0 Å². The van der Waals surface area contributed by atoms with Crippen LogP contribution in [0.25, 0.3) is 22.2 Å². The van der Waals surface area contributed by atoms with Crippen LogP contribution < -0.4 is 10.2 Å². The van der Waals surface area contributed by atoms with Gasteiger partial charge in [0.05, 0.1) is 5.52 Å². The summed E-state index contributed by atoms with van der Waals surface area (Å²) in [6.45, 7) is 4.95. The average Bonchev–Trinajstić information content (AvgIpc) is 3.26. The standard InChI is InChI=1S/C12H13BrClN3O.C7H3BrClNOS/c1-7-6-15-2-3-17(7)12-16-11-9(13)4-8(14)5-10(11)18-12;8-4-1-3(9)2-5-6(4)10-7(12)11-5/h4-5,7,15H,2-3,6H2,1H3;1-2H,(H,10,12)/t7-;/m0./s1. The van der Waals surface area contributed by atoms with Gasteiger partial charge in [0.1, 0.15) is 5.52 Å². The summed E-state index contributed by atoms with van der Waals surface area (Å²) in [6.07, 6.45) is 0. The first-order valence-corrected chi connectivity index (χ1v) is 11.8. The monoisotopic (exact) mass is 592 g/mol. The number of piperazine rings is 1. The van der Waals surface area contributed by atoms with Crippen molar-refractivity contribution in [3.63, 3.8) is 0 Å². The van der Waals surface area contributed by atoms with Gasteiger partial charge in [-0.1, -0.05) is 23.2 Å². The largest absolute Gasteiger partial charge is 0.429 e. The van der Waals surface area contributed by atoms with E-state index < -0.39 is 0 Å². The summed E-state index contributed by atoms with van der Waals surface area (Å²) < 4.78 is 12.7. The summed E-state index contributed by atoms with van der Waals surface area (Å²) in [5.41, 5.74) is 3.04. The van der Waals surface area contributed by atoms with E-state index in [9.17, 15) is 0 Å². The zero-order chi connectivity index (χ0) is 21.4. The normalized spacial score (nSPS) is 16.7. The van der Waals surface area contributed by atoms with Crippen molar-refractivity contribution in [1.82, 2.24) is 15.3 Å². The Labute approximate surface area is 204 Å². The fraction of sp³-hybridized carbons (Fsp3) is 0.263. The second kappa shape index (κ2) is 9.18. The second-order valence-electron chi connectivity index (χ2n) is 6.75. The van der Waals surface area contributed by atoms with Gasteiger partial charge in [-0.25, -0.2) is 0 Å². The van der Waals surface area contributed by atoms with E-state index in [1.165, 1.54) is 0 Å². The Morgan fingerprint density at radius 1 is 1.10 bits per heavy atom. The molecule has 0 unspecified atom stereocenters. The van der Waals surface area contributed by atoms with Crippen molar-refractivity contribution in [2.45, 2.75) is 13.0 Å². The zero-order valence-corrected chi connectivity index (χ0v) is 21.1. The van der Waals surface area contributed by atoms with E-state index in [0.717, 1.165) is 45.2 Å². The van der Waals surface area contributed by atoms with Crippen LogP contribution in [0.3, 0.4) is 0 Å². The van der Waals surface area contributed by atoms with Crippen LogP contribution in [0.2, 0.25) is 10.0 Å². The predicted octanol–water partition coefficient (Wildman–Crippen LogP) is 6.95. The van der Waals surface area contributed by atoms with E-state index in [0.29, 0.717) is 32.5 Å². The lowest BCUT2D eigenvalue weighted by Crippen LogP contribution is -2.50. The smallest absolute Gasteiger partial charge is 0.298 e. The third-order valence-electron chi connectivity index (χ3n) is 4.60. The minimum atomic E-state index is 0.355. The molecule has 0 amide bonds. The number of rotatable bonds is 1. The first-order chi connectivity index (χ1) is 14.3. The third-order valence-corrected chi connectivity index (χ3v) is 6.45. The predicted molar refractivity (Wildman–Crippen MR) is 131 cm³/mol. The van der Waals surface area contributed by atoms with Gasteiger partial charge in [-0.05, 0) is 63.1 Å². The maximum absolute atomic E-state index is 6.01. The van der Waals surface area contributed by atoms with Crippen molar-refractivity contribution in [2.75, 3.05) is 24.5 Å². The molecule has 11 heteroatoms. The molecule has 1 aliphatic rings. The molecule has 0 aliphatic carbocycles. The van der Waals surface area contributed by atoms with Crippen LogP contribution in [0.15, 0.2) is 42.0 Å². The fourth-order valence-corrected chi connectivity index (χ4v) is 5.12. The number of anilines is 1. The summed E-state index contributed by atoms with van der Waals surface area (Å²) >= 11 is 23.4. The number of aromatic amines is 1. The van der Waals surface area contributed by atoms with E-state index in [-0.39, 0.29) is 0 Å². The van der Waals surface area contributed by atoms with Gasteiger partial charge in [0.25, 0.3) is 10.9 Å². The lowest BCUT2D eigenvalue weighted by molar-refractivity contribution is 0.456. The Kier molecular flexibility index (Phi) is 6.76. The average molecular weight is 595 g/mol. The Morgan fingerprint density at radius 2 is 1.80 bits per heavy atom. The van der Waals surface area contributed by atoms with Crippen LogP contribution in [-0.2, 0) is 0 Å². The first kappa shape index (κ1) is 22.1. The minimum Gasteiger partial charge on any atom is -0.429 e. The van der Waals surface area contributed by atoms with Crippen LogP contribution in [0.4, 0.5) is 6.01 Å². The molecular weight excluding hydrogens is 579 g/mol. The molecule has 0 bridgehead atoms. The van der Waals surface area contributed by atoms with E-state index >= 15 is 0 Å². The summed E-state index contributed by atoms with van der Waals surface area (Å²) in [4.78, 5) is 9.98. The highest BCUT2D eigenvalue weighted by Crippen LogP contribution is 2.32. The van der Waals surface area contributed by atoms with Gasteiger partial charge in [0.15, 0.2) is 11.2 Å². The molecule has 158 valence electrons. The molecule has 30 heavy (non-hydrogen) atoms. The first-order valence-electron chi connectivity index (χ1n) is 9.02. The van der Waals surface area contributed by atoms with E-state index in [4.69, 9.17) is 44.3 Å². The van der Waals surface area contributed by atoms with Crippen LogP contribution >= 0.6 is 67.3 Å². The number of H-pyrrole nitrogens is 1. The third kappa shape index (κ3) is 4.71. The molecule has 1 saturated heterocycles. The van der Waals surface area contributed by atoms with Crippen LogP contribution in [0, 0.1) is 4.84 Å². The Hall–Kier alpha value is -1.10. The second-order valence-corrected chi connectivity index (χ2v) is 9.70. The van der Waals surface area contributed by atoms with Crippen LogP contribution in [0.1, 0.15) is 6.92 Å². The van der Waals surface area contributed by atoms with Crippen LogP contribution in [-0.4, -0.2) is 35.6 Å². The molecule has 0 saturated carbocycles. The number of nitrogens with one attached hydrogen (secondary N) is 2. The number of oxazole rings is 2. The van der Waals surface area contributed by atoms with Gasteiger partial charge in [0, 0.05) is 56.8 Å². The number of aromatic nitrogens is 2. The Bertz CT molecular complexity index is 1270.